The number of aromatic nitrogens is 4. The fraction of sp³-hybridized carbons (Fsp3) is 0.375. The van der Waals surface area contributed by atoms with Crippen molar-refractivity contribution < 1.29 is 9.59 Å². The molecule has 4 rings (SSSR count). The molecule has 10 nitrogen and oxygen atoms in total. The van der Waals surface area contributed by atoms with Gasteiger partial charge in [0.1, 0.15) is 17.3 Å². The molecule has 36 heavy (non-hydrogen) atoms. The summed E-state index contributed by atoms with van der Waals surface area (Å²) >= 11 is 12.3. The Hall–Kier alpha value is -3.37. The van der Waals surface area contributed by atoms with Gasteiger partial charge in [-0.3, -0.25) is 9.36 Å². The van der Waals surface area contributed by atoms with Crippen LogP contribution in [0.4, 0.5) is 10.6 Å². The molecule has 1 atom stereocenters. The summed E-state index contributed by atoms with van der Waals surface area (Å²) in [5.41, 5.74) is 0.946. The number of hydrogen-bond acceptors (Lipinski definition) is 6. The molecule has 1 aliphatic heterocycles. The summed E-state index contributed by atoms with van der Waals surface area (Å²) in [5.74, 6) is 0.831. The Labute approximate surface area is 219 Å². The van der Waals surface area contributed by atoms with Crippen molar-refractivity contribution in [3.05, 3.63) is 64.8 Å². The van der Waals surface area contributed by atoms with E-state index in [4.69, 9.17) is 23.2 Å². The number of nitrogens with zero attached hydrogens (tertiary/aromatic N) is 6. The van der Waals surface area contributed by atoms with Gasteiger partial charge in [0.2, 0.25) is 11.9 Å². The summed E-state index contributed by atoms with van der Waals surface area (Å²) in [7, 11) is 0. The molecule has 12 heteroatoms. The monoisotopic (exact) mass is 530 g/mol. The molecule has 190 valence electrons. The Balaban J connectivity index is 1.52. The number of halogens is 2. The highest BCUT2D eigenvalue weighted by atomic mass is 35.5. The number of imidazole rings is 1. The highest BCUT2D eigenvalue weighted by Gasteiger charge is 2.32. The minimum atomic E-state index is -0.307. The van der Waals surface area contributed by atoms with E-state index in [0.717, 1.165) is 12.0 Å². The Bertz CT molecular complexity index is 1170. The van der Waals surface area contributed by atoms with Crippen LogP contribution in [-0.2, 0) is 11.3 Å². The van der Waals surface area contributed by atoms with Gasteiger partial charge in [0.25, 0.3) is 0 Å². The van der Waals surface area contributed by atoms with Gasteiger partial charge in [0.05, 0.1) is 6.04 Å². The van der Waals surface area contributed by atoms with Gasteiger partial charge in [0.15, 0.2) is 0 Å². The SMILES string of the molecule is CCCNC(=O)N1CCN(c2cc(Cl)nc(-n3ccnc3)n2)C(CC(=O)NCc2ccc(Cl)cc2)C1. The van der Waals surface area contributed by atoms with Crippen molar-refractivity contribution in [2.75, 3.05) is 31.1 Å². The number of carbonyl (C=O) groups is 2. The Morgan fingerprint density at radius 3 is 2.64 bits per heavy atom. The van der Waals surface area contributed by atoms with E-state index in [9.17, 15) is 9.59 Å². The quantitative estimate of drug-likeness (QED) is 0.432. The zero-order valence-corrected chi connectivity index (χ0v) is 21.4. The molecule has 1 unspecified atom stereocenters. The van der Waals surface area contributed by atoms with Crippen LogP contribution in [0.2, 0.25) is 10.2 Å². The maximum Gasteiger partial charge on any atom is 0.317 e. The molecule has 1 aromatic carbocycles. The van der Waals surface area contributed by atoms with Gasteiger partial charge in [-0.2, -0.15) is 4.98 Å². The molecule has 1 aliphatic rings. The number of piperazine rings is 1. The molecule has 0 aliphatic carbocycles. The number of hydrogen-bond donors (Lipinski definition) is 2. The molecule has 1 saturated heterocycles. The van der Waals surface area contributed by atoms with Crippen LogP contribution in [0.25, 0.3) is 5.95 Å². The topological polar surface area (TPSA) is 108 Å². The third-order valence-electron chi connectivity index (χ3n) is 5.82. The van der Waals surface area contributed by atoms with E-state index >= 15 is 0 Å². The molecular weight excluding hydrogens is 503 g/mol. The van der Waals surface area contributed by atoms with Gasteiger partial charge in [-0.25, -0.2) is 14.8 Å². The van der Waals surface area contributed by atoms with E-state index in [1.807, 2.05) is 24.0 Å². The second-order valence-corrected chi connectivity index (χ2v) is 9.27. The molecule has 0 bridgehead atoms. The maximum atomic E-state index is 12.9. The molecular formula is C24H28Cl2N8O2. The molecule has 3 aromatic rings. The van der Waals surface area contributed by atoms with Crippen molar-refractivity contribution >= 4 is 41.0 Å². The highest BCUT2D eigenvalue weighted by molar-refractivity contribution is 6.30. The summed E-state index contributed by atoms with van der Waals surface area (Å²) in [6, 6.07) is 8.55. The Morgan fingerprint density at radius 1 is 1.11 bits per heavy atom. The number of nitrogens with one attached hydrogen (secondary N) is 2. The standard InChI is InChI=1S/C24H28Cl2N8O2/c1-2-7-28-24(36)32-10-11-34(21-13-20(26)30-23(31-21)33-9-8-27-16-33)19(15-32)12-22(35)29-14-17-3-5-18(25)6-4-17/h3-6,8-9,13,16,19H,2,7,10-12,14-15H2,1H3,(H,28,36)(H,29,35). The van der Waals surface area contributed by atoms with E-state index in [-0.39, 0.29) is 29.6 Å². The number of benzene rings is 1. The first kappa shape index (κ1) is 25.7. The van der Waals surface area contributed by atoms with E-state index < -0.39 is 0 Å². The van der Waals surface area contributed by atoms with Crippen LogP contribution in [0.15, 0.2) is 49.1 Å². The third-order valence-corrected chi connectivity index (χ3v) is 6.26. The van der Waals surface area contributed by atoms with Crippen LogP contribution in [-0.4, -0.2) is 68.6 Å². The van der Waals surface area contributed by atoms with Gasteiger partial charge >= 0.3 is 6.03 Å². The zero-order valence-electron chi connectivity index (χ0n) is 19.9. The molecule has 1 fully saturated rings. The summed E-state index contributed by atoms with van der Waals surface area (Å²) in [5, 5.41) is 6.80. The van der Waals surface area contributed by atoms with Gasteiger partial charge in [-0.15, -0.1) is 0 Å². The van der Waals surface area contributed by atoms with E-state index in [1.54, 1.807) is 46.4 Å². The van der Waals surface area contributed by atoms with Crippen LogP contribution in [0, 0.1) is 0 Å². The van der Waals surface area contributed by atoms with Crippen molar-refractivity contribution in [1.29, 1.82) is 0 Å². The van der Waals surface area contributed by atoms with E-state index in [1.165, 1.54) is 0 Å². The second kappa shape index (κ2) is 12.0. The Kier molecular flexibility index (Phi) is 8.61. The average Bonchev–Trinajstić information content (AvgIpc) is 3.42. The zero-order chi connectivity index (χ0) is 25.5. The second-order valence-electron chi connectivity index (χ2n) is 8.45. The number of amides is 3. The highest BCUT2D eigenvalue weighted by Crippen LogP contribution is 2.24. The first-order chi connectivity index (χ1) is 17.4. The number of carbonyl (C=O) groups excluding carboxylic acids is 2. The van der Waals surface area contributed by atoms with Crippen LogP contribution >= 0.6 is 23.2 Å². The van der Waals surface area contributed by atoms with E-state index in [0.29, 0.717) is 49.5 Å². The van der Waals surface area contributed by atoms with E-state index in [2.05, 4.69) is 25.6 Å². The predicted molar refractivity (Wildman–Crippen MR) is 138 cm³/mol. The first-order valence-corrected chi connectivity index (χ1v) is 12.5. The molecule has 0 spiro atoms. The minimum absolute atomic E-state index is 0.134. The smallest absolute Gasteiger partial charge is 0.317 e. The largest absolute Gasteiger partial charge is 0.352 e. The minimum Gasteiger partial charge on any atom is -0.352 e. The van der Waals surface area contributed by atoms with Crippen LogP contribution < -0.4 is 15.5 Å². The normalized spacial score (nSPS) is 15.6. The third kappa shape index (κ3) is 6.64. The van der Waals surface area contributed by atoms with Crippen LogP contribution in [0.3, 0.4) is 0 Å². The summed E-state index contributed by atoms with van der Waals surface area (Å²) in [6.45, 7) is 4.33. The molecule has 3 amide bonds. The van der Waals surface area contributed by atoms with Gasteiger partial charge < -0.3 is 20.4 Å². The molecule has 2 N–H and O–H groups in total. The predicted octanol–water partition coefficient (Wildman–Crippen LogP) is 3.29. The van der Waals surface area contributed by atoms with Crippen molar-refractivity contribution in [3.63, 3.8) is 0 Å². The lowest BCUT2D eigenvalue weighted by Crippen LogP contribution is -2.58. The van der Waals surface area contributed by atoms with Crippen LogP contribution in [0.1, 0.15) is 25.3 Å². The van der Waals surface area contributed by atoms with Crippen molar-refractivity contribution in [2.45, 2.75) is 32.4 Å². The lowest BCUT2D eigenvalue weighted by atomic mass is 10.1. The summed E-state index contributed by atoms with van der Waals surface area (Å²) < 4.78 is 1.66. The fourth-order valence-corrected chi connectivity index (χ4v) is 4.28. The molecule has 0 radical (unpaired) electrons. The fourth-order valence-electron chi connectivity index (χ4n) is 3.98. The van der Waals surface area contributed by atoms with Gasteiger partial charge in [-0.1, -0.05) is 42.3 Å². The van der Waals surface area contributed by atoms with Gasteiger partial charge in [0, 0.05) is 62.6 Å². The first-order valence-electron chi connectivity index (χ1n) is 11.8. The number of anilines is 1. The summed E-state index contributed by atoms with van der Waals surface area (Å²) in [4.78, 5) is 42.4. The van der Waals surface area contributed by atoms with Crippen LogP contribution in [0.5, 0.6) is 0 Å². The molecule has 0 saturated carbocycles. The maximum absolute atomic E-state index is 12.9. The van der Waals surface area contributed by atoms with Crippen molar-refractivity contribution in [3.8, 4) is 5.95 Å². The lowest BCUT2D eigenvalue weighted by Gasteiger charge is -2.42. The van der Waals surface area contributed by atoms with Gasteiger partial charge in [-0.05, 0) is 24.1 Å². The lowest BCUT2D eigenvalue weighted by molar-refractivity contribution is -0.121. The van der Waals surface area contributed by atoms with Crippen molar-refractivity contribution in [1.82, 2.24) is 35.1 Å². The number of urea groups is 1. The van der Waals surface area contributed by atoms with Crippen molar-refractivity contribution in [2.24, 2.45) is 0 Å². The number of rotatable bonds is 8. The molecule has 2 aromatic heterocycles. The summed E-state index contributed by atoms with van der Waals surface area (Å²) in [6.07, 6.45) is 5.97. The Morgan fingerprint density at radius 2 is 1.92 bits per heavy atom. The average molecular weight is 531 g/mol. The molecule has 3 heterocycles.